The average Bonchev–Trinajstić information content (AvgIpc) is 2.59. The molecule has 23 heavy (non-hydrogen) atoms. The van der Waals surface area contributed by atoms with E-state index in [2.05, 4.69) is 26.5 Å². The Morgan fingerprint density at radius 2 is 1.78 bits per heavy atom. The first kappa shape index (κ1) is 17.2. The molecule has 0 aliphatic rings. The summed E-state index contributed by atoms with van der Waals surface area (Å²) < 4.78 is 6.12. The molecule has 0 saturated carbocycles. The summed E-state index contributed by atoms with van der Waals surface area (Å²) in [6, 6.07) is 15.5. The van der Waals surface area contributed by atoms with Gasteiger partial charge in [0.25, 0.3) is 0 Å². The fourth-order valence-corrected chi connectivity index (χ4v) is 2.27. The van der Waals surface area contributed by atoms with Crippen LogP contribution in [0.5, 0.6) is 5.75 Å². The van der Waals surface area contributed by atoms with Gasteiger partial charge in [0.2, 0.25) is 5.91 Å². The number of amides is 1. The largest absolute Gasteiger partial charge is 0.497 e. The van der Waals surface area contributed by atoms with Crippen molar-refractivity contribution in [2.45, 2.75) is 19.8 Å². The number of nitrogens with one attached hydrogen (secondary N) is 1. The third-order valence-corrected chi connectivity index (χ3v) is 3.94. The molecule has 0 bridgehead atoms. The van der Waals surface area contributed by atoms with E-state index in [-0.39, 0.29) is 5.91 Å². The Morgan fingerprint density at radius 1 is 1.13 bits per heavy atom. The molecule has 120 valence electrons. The van der Waals surface area contributed by atoms with Crippen LogP contribution in [0.25, 0.3) is 0 Å². The molecular weight excluding hydrogens is 356 g/mol. The second kappa shape index (κ2) is 8.48. The maximum absolute atomic E-state index is 11.9. The summed E-state index contributed by atoms with van der Waals surface area (Å²) in [6.07, 6.45) is 1.06. The third-order valence-electron chi connectivity index (χ3n) is 3.41. The standard InChI is InChI=1S/C18H19BrN2O2/c1-13(15-6-8-16(19)9-7-15)20-21-18(22)12-5-14-3-10-17(23-2)11-4-14/h3-4,6-11H,5,12H2,1-2H3,(H,21,22). The Balaban J connectivity index is 1.84. The van der Waals surface area contributed by atoms with Crippen LogP contribution < -0.4 is 10.2 Å². The van der Waals surface area contributed by atoms with Gasteiger partial charge >= 0.3 is 0 Å². The second-order valence-corrected chi connectivity index (χ2v) is 6.00. The number of ether oxygens (including phenoxy) is 1. The lowest BCUT2D eigenvalue weighted by atomic mass is 10.1. The third kappa shape index (κ3) is 5.53. The molecule has 0 spiro atoms. The molecule has 0 saturated heterocycles. The molecule has 0 fully saturated rings. The van der Waals surface area contributed by atoms with Crippen LogP contribution in [0.2, 0.25) is 0 Å². The topological polar surface area (TPSA) is 50.7 Å². The Bertz CT molecular complexity index is 679. The van der Waals surface area contributed by atoms with Crippen LogP contribution in [-0.4, -0.2) is 18.7 Å². The fraction of sp³-hybridized carbons (Fsp3) is 0.222. The molecule has 1 N–H and O–H groups in total. The molecule has 0 unspecified atom stereocenters. The van der Waals surface area contributed by atoms with Gasteiger partial charge in [-0.25, -0.2) is 5.43 Å². The number of carbonyl (C=O) groups is 1. The van der Waals surface area contributed by atoms with Crippen molar-refractivity contribution in [2.75, 3.05) is 7.11 Å². The van der Waals surface area contributed by atoms with E-state index in [1.807, 2.05) is 55.5 Å². The zero-order chi connectivity index (χ0) is 16.7. The number of methoxy groups -OCH3 is 1. The minimum Gasteiger partial charge on any atom is -0.497 e. The number of hydrogen-bond donors (Lipinski definition) is 1. The van der Waals surface area contributed by atoms with Crippen LogP contribution in [0, 0.1) is 0 Å². The summed E-state index contributed by atoms with van der Waals surface area (Å²) in [6.45, 7) is 1.87. The van der Waals surface area contributed by atoms with Gasteiger partial charge in [0.1, 0.15) is 5.75 Å². The van der Waals surface area contributed by atoms with Crippen LogP contribution in [0.4, 0.5) is 0 Å². The summed E-state index contributed by atoms with van der Waals surface area (Å²) in [5, 5.41) is 4.15. The molecule has 2 rings (SSSR count). The van der Waals surface area contributed by atoms with Crippen LogP contribution in [-0.2, 0) is 11.2 Å². The Hall–Kier alpha value is -2.14. The van der Waals surface area contributed by atoms with E-state index in [9.17, 15) is 4.79 Å². The number of hydrogen-bond acceptors (Lipinski definition) is 3. The molecule has 0 aliphatic heterocycles. The van der Waals surface area contributed by atoms with Crippen molar-refractivity contribution in [3.63, 3.8) is 0 Å². The normalized spacial score (nSPS) is 11.2. The number of nitrogens with zero attached hydrogens (tertiary/aromatic N) is 1. The van der Waals surface area contributed by atoms with Crippen molar-refractivity contribution in [1.82, 2.24) is 5.43 Å². The monoisotopic (exact) mass is 374 g/mol. The van der Waals surface area contributed by atoms with E-state index in [1.165, 1.54) is 0 Å². The maximum Gasteiger partial charge on any atom is 0.240 e. The number of aryl methyl sites for hydroxylation is 1. The summed E-state index contributed by atoms with van der Waals surface area (Å²) in [5.74, 6) is 0.713. The van der Waals surface area contributed by atoms with Crippen LogP contribution in [0.3, 0.4) is 0 Å². The molecule has 2 aromatic rings. The van der Waals surface area contributed by atoms with E-state index in [1.54, 1.807) is 7.11 Å². The molecule has 2 aromatic carbocycles. The SMILES string of the molecule is COc1ccc(CCC(=O)NN=C(C)c2ccc(Br)cc2)cc1. The van der Waals surface area contributed by atoms with Crippen molar-refractivity contribution in [3.05, 3.63) is 64.1 Å². The lowest BCUT2D eigenvalue weighted by Crippen LogP contribution is -2.19. The number of rotatable bonds is 6. The first-order chi connectivity index (χ1) is 11.1. The molecule has 0 heterocycles. The molecule has 5 heteroatoms. The van der Waals surface area contributed by atoms with Crippen LogP contribution >= 0.6 is 15.9 Å². The van der Waals surface area contributed by atoms with Gasteiger partial charge in [0.05, 0.1) is 12.8 Å². The highest BCUT2D eigenvalue weighted by Crippen LogP contribution is 2.13. The van der Waals surface area contributed by atoms with E-state index in [0.29, 0.717) is 12.8 Å². The zero-order valence-corrected chi connectivity index (χ0v) is 14.8. The Labute approximate surface area is 144 Å². The number of halogens is 1. The van der Waals surface area contributed by atoms with Crippen molar-refractivity contribution in [3.8, 4) is 5.75 Å². The Morgan fingerprint density at radius 3 is 2.39 bits per heavy atom. The van der Waals surface area contributed by atoms with Gasteiger partial charge in [-0.2, -0.15) is 5.10 Å². The molecule has 1 amide bonds. The zero-order valence-electron chi connectivity index (χ0n) is 13.2. The lowest BCUT2D eigenvalue weighted by molar-refractivity contribution is -0.121. The first-order valence-corrected chi connectivity index (χ1v) is 8.10. The fourth-order valence-electron chi connectivity index (χ4n) is 2.01. The first-order valence-electron chi connectivity index (χ1n) is 7.30. The minimum atomic E-state index is -0.0997. The summed E-state index contributed by atoms with van der Waals surface area (Å²) in [5.41, 5.74) is 5.44. The van der Waals surface area contributed by atoms with Gasteiger partial charge in [0, 0.05) is 10.9 Å². The lowest BCUT2D eigenvalue weighted by Gasteiger charge is -2.04. The second-order valence-electron chi connectivity index (χ2n) is 5.09. The predicted octanol–water partition coefficient (Wildman–Crippen LogP) is 3.93. The highest BCUT2D eigenvalue weighted by atomic mass is 79.9. The van der Waals surface area contributed by atoms with E-state index in [4.69, 9.17) is 4.74 Å². The molecule has 0 aromatic heterocycles. The van der Waals surface area contributed by atoms with E-state index >= 15 is 0 Å². The van der Waals surface area contributed by atoms with Gasteiger partial charge < -0.3 is 4.74 Å². The Kier molecular flexibility index (Phi) is 6.35. The van der Waals surface area contributed by atoms with Crippen molar-refractivity contribution < 1.29 is 9.53 Å². The van der Waals surface area contributed by atoms with Crippen LogP contribution in [0.15, 0.2) is 58.1 Å². The van der Waals surface area contributed by atoms with Crippen molar-refractivity contribution in [2.24, 2.45) is 5.10 Å². The number of carbonyl (C=O) groups excluding carboxylic acids is 1. The average molecular weight is 375 g/mol. The van der Waals surface area contributed by atoms with Gasteiger partial charge in [-0.15, -0.1) is 0 Å². The number of benzene rings is 2. The van der Waals surface area contributed by atoms with Gasteiger partial charge in [0.15, 0.2) is 0 Å². The summed E-state index contributed by atoms with van der Waals surface area (Å²) >= 11 is 3.39. The van der Waals surface area contributed by atoms with E-state index in [0.717, 1.165) is 27.1 Å². The quantitative estimate of drug-likeness (QED) is 0.614. The molecule has 0 aliphatic carbocycles. The van der Waals surface area contributed by atoms with Gasteiger partial charge in [-0.1, -0.05) is 40.2 Å². The van der Waals surface area contributed by atoms with Crippen molar-refractivity contribution in [1.29, 1.82) is 0 Å². The van der Waals surface area contributed by atoms with Crippen molar-refractivity contribution >= 4 is 27.5 Å². The summed E-state index contributed by atoms with van der Waals surface area (Å²) in [7, 11) is 1.63. The molecular formula is C18H19BrN2O2. The molecule has 0 atom stereocenters. The number of hydrazone groups is 1. The highest BCUT2D eigenvalue weighted by molar-refractivity contribution is 9.10. The summed E-state index contributed by atoms with van der Waals surface area (Å²) in [4.78, 5) is 11.9. The van der Waals surface area contributed by atoms with Gasteiger partial charge in [-0.05, 0) is 48.7 Å². The van der Waals surface area contributed by atoms with Gasteiger partial charge in [-0.3, -0.25) is 4.79 Å². The molecule has 0 radical (unpaired) electrons. The maximum atomic E-state index is 11.9. The van der Waals surface area contributed by atoms with Crippen LogP contribution in [0.1, 0.15) is 24.5 Å². The minimum absolute atomic E-state index is 0.0997. The van der Waals surface area contributed by atoms with E-state index < -0.39 is 0 Å². The predicted molar refractivity (Wildman–Crippen MR) is 95.8 cm³/mol. The molecule has 4 nitrogen and oxygen atoms in total. The highest BCUT2D eigenvalue weighted by Gasteiger charge is 2.03. The smallest absolute Gasteiger partial charge is 0.240 e.